The predicted molar refractivity (Wildman–Crippen MR) is 64.4 cm³/mol. The van der Waals surface area contributed by atoms with Crippen molar-refractivity contribution >= 4 is 0 Å². The Hall–Kier alpha value is -2.10. The van der Waals surface area contributed by atoms with E-state index in [0.717, 1.165) is 17.9 Å². The third kappa shape index (κ3) is 2.93. The summed E-state index contributed by atoms with van der Waals surface area (Å²) in [4.78, 5) is 0. The van der Waals surface area contributed by atoms with Gasteiger partial charge in [-0.25, -0.2) is 0 Å². The second-order valence-electron chi connectivity index (χ2n) is 3.59. The van der Waals surface area contributed by atoms with Crippen LogP contribution in [0.15, 0.2) is 36.4 Å². The molecule has 0 saturated heterocycles. The molecule has 0 radical (unpaired) electrons. The number of aromatic nitrogens is 2. The molecule has 0 aliphatic heterocycles. The minimum Gasteiger partial charge on any atom is -0.497 e. The fraction of sp³-hybridized carbons (Fsp3) is 0.231. The lowest BCUT2D eigenvalue weighted by atomic mass is 10.1. The zero-order chi connectivity index (χ0) is 12.1. The van der Waals surface area contributed by atoms with E-state index in [2.05, 4.69) is 10.2 Å². The molecule has 1 aromatic carbocycles. The molecule has 4 heteroatoms. The summed E-state index contributed by atoms with van der Waals surface area (Å²) >= 11 is 0. The lowest BCUT2D eigenvalue weighted by Gasteiger charge is -2.03. The number of hydrogen-bond acceptors (Lipinski definition) is 4. The van der Waals surface area contributed by atoms with Crippen molar-refractivity contribution in [1.82, 2.24) is 10.2 Å². The first-order chi connectivity index (χ1) is 8.31. The van der Waals surface area contributed by atoms with E-state index >= 15 is 0 Å². The van der Waals surface area contributed by atoms with E-state index in [4.69, 9.17) is 9.47 Å². The van der Waals surface area contributed by atoms with Crippen molar-refractivity contribution < 1.29 is 9.47 Å². The lowest BCUT2D eigenvalue weighted by molar-refractivity contribution is 0.391. The van der Waals surface area contributed by atoms with E-state index in [-0.39, 0.29) is 0 Å². The Kier molecular flexibility index (Phi) is 3.55. The predicted octanol–water partition coefficient (Wildman–Crippen LogP) is 2.08. The van der Waals surface area contributed by atoms with Gasteiger partial charge in [-0.2, -0.15) is 5.10 Å². The van der Waals surface area contributed by atoms with E-state index in [0.29, 0.717) is 5.88 Å². The first-order valence-corrected chi connectivity index (χ1v) is 5.31. The van der Waals surface area contributed by atoms with Gasteiger partial charge in [0.2, 0.25) is 5.88 Å². The molecule has 0 unspecified atom stereocenters. The minimum atomic E-state index is 0.531. The van der Waals surface area contributed by atoms with E-state index < -0.39 is 0 Å². The molecule has 0 spiro atoms. The SMILES string of the molecule is COc1ccc(Cc2ccc(OC)nn2)cc1. The highest BCUT2D eigenvalue weighted by atomic mass is 16.5. The summed E-state index contributed by atoms with van der Waals surface area (Å²) in [6.07, 6.45) is 0.751. The fourth-order valence-corrected chi connectivity index (χ4v) is 1.50. The quantitative estimate of drug-likeness (QED) is 0.806. The molecule has 4 nitrogen and oxygen atoms in total. The Balaban J connectivity index is 2.08. The van der Waals surface area contributed by atoms with Crippen LogP contribution in [0.3, 0.4) is 0 Å². The van der Waals surface area contributed by atoms with Gasteiger partial charge < -0.3 is 9.47 Å². The zero-order valence-electron chi connectivity index (χ0n) is 9.88. The van der Waals surface area contributed by atoms with Crippen LogP contribution < -0.4 is 9.47 Å². The maximum absolute atomic E-state index is 5.11. The average molecular weight is 230 g/mol. The van der Waals surface area contributed by atoms with Crippen molar-refractivity contribution in [2.45, 2.75) is 6.42 Å². The summed E-state index contributed by atoms with van der Waals surface area (Å²) in [5.74, 6) is 1.39. The molecule has 0 saturated carbocycles. The molecule has 1 heterocycles. The normalized spacial score (nSPS) is 10.0. The van der Waals surface area contributed by atoms with Crippen LogP contribution in [0.1, 0.15) is 11.3 Å². The summed E-state index contributed by atoms with van der Waals surface area (Å²) in [6.45, 7) is 0. The maximum atomic E-state index is 5.11. The molecule has 17 heavy (non-hydrogen) atoms. The lowest BCUT2D eigenvalue weighted by Crippen LogP contribution is -1.96. The van der Waals surface area contributed by atoms with E-state index in [1.165, 1.54) is 5.56 Å². The molecule has 0 aliphatic carbocycles. The molecule has 2 rings (SSSR count). The summed E-state index contributed by atoms with van der Waals surface area (Å²) in [7, 11) is 3.23. The molecule has 0 fully saturated rings. The molecule has 1 aromatic heterocycles. The highest BCUT2D eigenvalue weighted by Crippen LogP contribution is 2.14. The second kappa shape index (κ2) is 5.30. The second-order valence-corrected chi connectivity index (χ2v) is 3.59. The van der Waals surface area contributed by atoms with E-state index in [9.17, 15) is 0 Å². The number of benzene rings is 1. The number of ether oxygens (including phenoxy) is 2. The molecule has 88 valence electrons. The Morgan fingerprint density at radius 1 is 0.882 bits per heavy atom. The third-order valence-electron chi connectivity index (χ3n) is 2.45. The molecular weight excluding hydrogens is 216 g/mol. The van der Waals surface area contributed by atoms with Gasteiger partial charge in [-0.05, 0) is 23.8 Å². The fourth-order valence-electron chi connectivity index (χ4n) is 1.50. The van der Waals surface area contributed by atoms with Crippen LogP contribution >= 0.6 is 0 Å². The molecule has 0 aliphatic rings. The number of nitrogens with zero attached hydrogens (tertiary/aromatic N) is 2. The summed E-state index contributed by atoms with van der Waals surface area (Å²) in [5, 5.41) is 8.01. The van der Waals surface area contributed by atoms with Gasteiger partial charge in [-0.3, -0.25) is 0 Å². The topological polar surface area (TPSA) is 44.2 Å². The van der Waals surface area contributed by atoms with Crippen LogP contribution in [0, 0.1) is 0 Å². The van der Waals surface area contributed by atoms with E-state index in [1.54, 1.807) is 14.2 Å². The van der Waals surface area contributed by atoms with Crippen LogP contribution in [-0.4, -0.2) is 24.4 Å². The van der Waals surface area contributed by atoms with Crippen molar-refractivity contribution in [2.75, 3.05) is 14.2 Å². The minimum absolute atomic E-state index is 0.531. The van der Waals surface area contributed by atoms with Gasteiger partial charge in [-0.15, -0.1) is 5.10 Å². The third-order valence-corrected chi connectivity index (χ3v) is 2.45. The van der Waals surface area contributed by atoms with Gasteiger partial charge in [0.15, 0.2) is 0 Å². The standard InChI is InChI=1S/C13H14N2O2/c1-16-12-6-3-10(4-7-12)9-11-5-8-13(17-2)15-14-11/h3-8H,9H2,1-2H3. The van der Waals surface area contributed by atoms with Gasteiger partial charge >= 0.3 is 0 Å². The average Bonchev–Trinajstić information content (AvgIpc) is 2.40. The largest absolute Gasteiger partial charge is 0.497 e. The van der Waals surface area contributed by atoms with Crippen molar-refractivity contribution in [3.05, 3.63) is 47.7 Å². The molecule has 0 bridgehead atoms. The van der Waals surface area contributed by atoms with Crippen molar-refractivity contribution in [3.8, 4) is 11.6 Å². The van der Waals surface area contributed by atoms with Crippen LogP contribution in [-0.2, 0) is 6.42 Å². The van der Waals surface area contributed by atoms with Gasteiger partial charge in [0.1, 0.15) is 5.75 Å². The number of rotatable bonds is 4. The molecule has 0 atom stereocenters. The van der Waals surface area contributed by atoms with Crippen molar-refractivity contribution in [1.29, 1.82) is 0 Å². The molecule has 0 amide bonds. The number of hydrogen-bond donors (Lipinski definition) is 0. The Labute approximate surface area is 100 Å². The highest BCUT2D eigenvalue weighted by molar-refractivity contribution is 5.29. The molecule has 0 N–H and O–H groups in total. The van der Waals surface area contributed by atoms with Gasteiger partial charge in [0, 0.05) is 12.5 Å². The highest BCUT2D eigenvalue weighted by Gasteiger charge is 2.00. The van der Waals surface area contributed by atoms with Gasteiger partial charge in [0.25, 0.3) is 0 Å². The Bertz CT molecular complexity index is 420. The van der Waals surface area contributed by atoms with Crippen LogP contribution in [0.2, 0.25) is 0 Å². The molecule has 2 aromatic rings. The van der Waals surface area contributed by atoms with Gasteiger partial charge in [0.05, 0.1) is 19.9 Å². The Morgan fingerprint density at radius 2 is 1.65 bits per heavy atom. The summed E-state index contributed by atoms with van der Waals surface area (Å²) < 4.78 is 10.1. The van der Waals surface area contributed by atoms with Crippen LogP contribution in [0.5, 0.6) is 11.6 Å². The summed E-state index contributed by atoms with van der Waals surface area (Å²) in [6, 6.07) is 11.6. The van der Waals surface area contributed by atoms with Crippen LogP contribution in [0.4, 0.5) is 0 Å². The van der Waals surface area contributed by atoms with Crippen molar-refractivity contribution in [3.63, 3.8) is 0 Å². The van der Waals surface area contributed by atoms with Crippen LogP contribution in [0.25, 0.3) is 0 Å². The number of methoxy groups -OCH3 is 2. The smallest absolute Gasteiger partial charge is 0.233 e. The first kappa shape index (κ1) is 11.4. The summed E-state index contributed by atoms with van der Waals surface area (Å²) in [5.41, 5.74) is 2.08. The Morgan fingerprint density at radius 3 is 2.18 bits per heavy atom. The van der Waals surface area contributed by atoms with E-state index in [1.807, 2.05) is 36.4 Å². The van der Waals surface area contributed by atoms with Crippen molar-refractivity contribution in [2.24, 2.45) is 0 Å². The first-order valence-electron chi connectivity index (χ1n) is 5.31. The zero-order valence-corrected chi connectivity index (χ0v) is 9.88. The monoisotopic (exact) mass is 230 g/mol. The van der Waals surface area contributed by atoms with Gasteiger partial charge in [-0.1, -0.05) is 12.1 Å². The molecular formula is C13H14N2O2. The maximum Gasteiger partial charge on any atom is 0.233 e.